The number of hydrogen-bond acceptors (Lipinski definition) is 5. The molecule has 1 N–H and O–H groups in total. The van der Waals surface area contributed by atoms with Gasteiger partial charge >= 0.3 is 0 Å². The summed E-state index contributed by atoms with van der Waals surface area (Å²) in [5.74, 6) is 0.426. The van der Waals surface area contributed by atoms with E-state index in [1.165, 1.54) is 0 Å². The maximum absolute atomic E-state index is 12.6. The minimum Gasteiger partial charge on any atom is -0.334 e. The Balaban J connectivity index is 1.43. The van der Waals surface area contributed by atoms with Gasteiger partial charge in [-0.3, -0.25) is 9.59 Å². The van der Waals surface area contributed by atoms with E-state index in [1.807, 2.05) is 43.3 Å². The van der Waals surface area contributed by atoms with Crippen LogP contribution in [0, 0.1) is 19.8 Å². The summed E-state index contributed by atoms with van der Waals surface area (Å²) >= 11 is 0. The topological polar surface area (TPSA) is 88.3 Å². The smallest absolute Gasteiger partial charge is 0.257 e. The van der Waals surface area contributed by atoms with Crippen LogP contribution < -0.4 is 10.2 Å². The summed E-state index contributed by atoms with van der Waals surface area (Å²) in [5, 5.41) is 6.66. The van der Waals surface area contributed by atoms with Crippen molar-refractivity contribution in [3.8, 4) is 11.5 Å². The van der Waals surface area contributed by atoms with Crippen molar-refractivity contribution < 1.29 is 14.1 Å². The van der Waals surface area contributed by atoms with Crippen molar-refractivity contribution >= 4 is 23.2 Å². The molecule has 0 spiro atoms. The highest BCUT2D eigenvalue weighted by molar-refractivity contribution is 6.03. The number of amides is 2. The molecule has 0 bridgehead atoms. The summed E-state index contributed by atoms with van der Waals surface area (Å²) in [5.41, 5.74) is 3.32. The molecule has 2 heterocycles. The van der Waals surface area contributed by atoms with Crippen LogP contribution in [0.2, 0.25) is 0 Å². The molecular weight excluding hydrogens is 356 g/mol. The molecule has 28 heavy (non-hydrogen) atoms. The number of carbonyl (C=O) groups is 2. The van der Waals surface area contributed by atoms with E-state index in [2.05, 4.69) is 15.5 Å². The molecule has 0 unspecified atom stereocenters. The summed E-state index contributed by atoms with van der Waals surface area (Å²) < 4.78 is 5.14. The standard InChI is InChI=1S/C21H20N4O3/c1-13-5-3-4-6-18(13)25-12-16(11-19(25)26)20(27)23-17-9-7-15(8-10-17)21-22-14(2)24-28-21/h3-10,16H,11-12H2,1-2H3,(H,23,27)/t16-/m1/s1. The van der Waals surface area contributed by atoms with E-state index in [-0.39, 0.29) is 24.2 Å². The predicted octanol–water partition coefficient (Wildman–Crippen LogP) is 3.35. The van der Waals surface area contributed by atoms with E-state index in [9.17, 15) is 9.59 Å². The van der Waals surface area contributed by atoms with Crippen molar-refractivity contribution in [2.24, 2.45) is 5.92 Å². The molecule has 142 valence electrons. The molecule has 7 heteroatoms. The zero-order valence-electron chi connectivity index (χ0n) is 15.7. The third-order valence-corrected chi connectivity index (χ3v) is 4.83. The molecule has 3 aromatic rings. The summed E-state index contributed by atoms with van der Waals surface area (Å²) in [4.78, 5) is 30.9. The number of nitrogens with zero attached hydrogens (tertiary/aromatic N) is 3. The number of rotatable bonds is 4. The van der Waals surface area contributed by atoms with Crippen LogP contribution in [0.3, 0.4) is 0 Å². The Morgan fingerprint density at radius 3 is 2.57 bits per heavy atom. The first kappa shape index (κ1) is 17.9. The lowest BCUT2D eigenvalue weighted by atomic mass is 10.1. The molecule has 1 aliphatic heterocycles. The molecular formula is C21H20N4O3. The lowest BCUT2D eigenvalue weighted by Crippen LogP contribution is -2.28. The van der Waals surface area contributed by atoms with Crippen molar-refractivity contribution in [2.45, 2.75) is 20.3 Å². The third-order valence-electron chi connectivity index (χ3n) is 4.83. The van der Waals surface area contributed by atoms with Crippen LogP contribution in [0.4, 0.5) is 11.4 Å². The van der Waals surface area contributed by atoms with Gasteiger partial charge in [0.25, 0.3) is 5.89 Å². The SMILES string of the molecule is Cc1noc(-c2ccc(NC(=O)[C@@H]3CC(=O)N(c4ccccc4C)C3)cc2)n1. The number of para-hydroxylation sites is 1. The van der Waals surface area contributed by atoms with E-state index in [0.717, 1.165) is 16.8 Å². The van der Waals surface area contributed by atoms with Gasteiger partial charge < -0.3 is 14.7 Å². The van der Waals surface area contributed by atoms with Crippen LogP contribution in [-0.2, 0) is 9.59 Å². The monoisotopic (exact) mass is 376 g/mol. The Kier molecular flexibility index (Phi) is 4.65. The molecule has 1 fully saturated rings. The fourth-order valence-corrected chi connectivity index (χ4v) is 3.34. The second kappa shape index (κ2) is 7.26. The minimum absolute atomic E-state index is 0.0310. The van der Waals surface area contributed by atoms with Crippen LogP contribution >= 0.6 is 0 Å². The number of hydrogen-bond donors (Lipinski definition) is 1. The number of nitrogens with one attached hydrogen (secondary N) is 1. The molecule has 0 saturated carbocycles. The van der Waals surface area contributed by atoms with Gasteiger partial charge in [-0.05, 0) is 49.7 Å². The molecule has 2 aromatic carbocycles. The normalized spacial score (nSPS) is 16.4. The van der Waals surface area contributed by atoms with Gasteiger partial charge in [0.2, 0.25) is 11.8 Å². The van der Waals surface area contributed by atoms with Gasteiger partial charge in [-0.2, -0.15) is 4.98 Å². The van der Waals surface area contributed by atoms with Gasteiger partial charge in [0.15, 0.2) is 5.82 Å². The largest absolute Gasteiger partial charge is 0.334 e. The van der Waals surface area contributed by atoms with Gasteiger partial charge in [-0.25, -0.2) is 0 Å². The highest BCUT2D eigenvalue weighted by Gasteiger charge is 2.35. The number of aromatic nitrogens is 2. The number of anilines is 2. The molecule has 7 nitrogen and oxygen atoms in total. The molecule has 4 rings (SSSR count). The van der Waals surface area contributed by atoms with Crippen molar-refractivity contribution in [1.82, 2.24) is 10.1 Å². The summed E-state index contributed by atoms with van der Waals surface area (Å²) in [6, 6.07) is 14.9. The summed E-state index contributed by atoms with van der Waals surface area (Å²) in [6.07, 6.45) is 0.208. The summed E-state index contributed by atoms with van der Waals surface area (Å²) in [6.45, 7) is 4.10. The Morgan fingerprint density at radius 2 is 1.89 bits per heavy atom. The second-order valence-corrected chi connectivity index (χ2v) is 6.91. The third kappa shape index (κ3) is 3.51. The van der Waals surface area contributed by atoms with Crippen molar-refractivity contribution in [2.75, 3.05) is 16.8 Å². The van der Waals surface area contributed by atoms with Gasteiger partial charge in [0, 0.05) is 29.9 Å². The molecule has 1 atom stereocenters. The Bertz CT molecular complexity index is 1030. The lowest BCUT2D eigenvalue weighted by Gasteiger charge is -2.19. The Hall–Kier alpha value is -3.48. The first-order valence-electron chi connectivity index (χ1n) is 9.09. The Morgan fingerprint density at radius 1 is 1.14 bits per heavy atom. The molecule has 0 aliphatic carbocycles. The highest BCUT2D eigenvalue weighted by Crippen LogP contribution is 2.28. The maximum atomic E-state index is 12.6. The molecule has 1 aromatic heterocycles. The predicted molar refractivity (Wildman–Crippen MR) is 105 cm³/mol. The summed E-state index contributed by atoms with van der Waals surface area (Å²) in [7, 11) is 0. The average Bonchev–Trinajstić information content (AvgIpc) is 3.29. The van der Waals surface area contributed by atoms with Gasteiger partial charge in [0.1, 0.15) is 0 Å². The minimum atomic E-state index is -0.384. The van der Waals surface area contributed by atoms with E-state index in [0.29, 0.717) is 23.9 Å². The van der Waals surface area contributed by atoms with Gasteiger partial charge in [0.05, 0.1) is 5.92 Å². The number of carbonyl (C=O) groups excluding carboxylic acids is 2. The van der Waals surface area contributed by atoms with Crippen molar-refractivity contribution in [3.63, 3.8) is 0 Å². The average molecular weight is 376 g/mol. The van der Waals surface area contributed by atoms with Gasteiger partial charge in [-0.15, -0.1) is 0 Å². The van der Waals surface area contributed by atoms with Crippen LogP contribution in [0.5, 0.6) is 0 Å². The van der Waals surface area contributed by atoms with Crippen LogP contribution in [0.1, 0.15) is 17.8 Å². The molecule has 1 saturated heterocycles. The molecule has 1 aliphatic rings. The molecule has 2 amide bonds. The van der Waals surface area contributed by atoms with Crippen LogP contribution in [0.25, 0.3) is 11.5 Å². The van der Waals surface area contributed by atoms with E-state index >= 15 is 0 Å². The second-order valence-electron chi connectivity index (χ2n) is 6.91. The van der Waals surface area contributed by atoms with Crippen molar-refractivity contribution in [3.05, 3.63) is 59.9 Å². The van der Waals surface area contributed by atoms with E-state index in [1.54, 1.807) is 24.0 Å². The zero-order chi connectivity index (χ0) is 19.7. The van der Waals surface area contributed by atoms with E-state index in [4.69, 9.17) is 4.52 Å². The maximum Gasteiger partial charge on any atom is 0.257 e. The van der Waals surface area contributed by atoms with Crippen molar-refractivity contribution in [1.29, 1.82) is 0 Å². The number of benzene rings is 2. The van der Waals surface area contributed by atoms with Crippen LogP contribution in [-0.4, -0.2) is 28.5 Å². The zero-order valence-corrected chi connectivity index (χ0v) is 15.7. The Labute approximate surface area is 162 Å². The van der Waals surface area contributed by atoms with E-state index < -0.39 is 0 Å². The lowest BCUT2D eigenvalue weighted by molar-refractivity contribution is -0.122. The fraction of sp³-hybridized carbons (Fsp3) is 0.238. The first-order valence-corrected chi connectivity index (χ1v) is 9.09. The fourth-order valence-electron chi connectivity index (χ4n) is 3.34. The van der Waals surface area contributed by atoms with Crippen LogP contribution in [0.15, 0.2) is 53.1 Å². The molecule has 0 radical (unpaired) electrons. The van der Waals surface area contributed by atoms with Gasteiger partial charge in [-0.1, -0.05) is 23.4 Å². The first-order chi connectivity index (χ1) is 13.5. The quantitative estimate of drug-likeness (QED) is 0.754. The highest BCUT2D eigenvalue weighted by atomic mass is 16.5. The number of aryl methyl sites for hydroxylation is 2.